The van der Waals surface area contributed by atoms with Crippen molar-refractivity contribution in [2.24, 2.45) is 28.6 Å². The predicted molar refractivity (Wildman–Crippen MR) is 90.5 cm³/mol. The van der Waals surface area contributed by atoms with Crippen molar-refractivity contribution in [3.8, 4) is 0 Å². The number of allylic oxidation sites excluding steroid dienone is 1. The van der Waals surface area contributed by atoms with Crippen LogP contribution in [0.4, 0.5) is 0 Å². The van der Waals surface area contributed by atoms with Crippen LogP contribution in [0, 0.1) is 28.6 Å². The summed E-state index contributed by atoms with van der Waals surface area (Å²) in [5, 5.41) is 19.5. The minimum absolute atomic E-state index is 0.148. The second-order valence-electron chi connectivity index (χ2n) is 8.87. The predicted octanol–water partition coefficient (Wildman–Crippen LogP) is 4.31. The summed E-state index contributed by atoms with van der Waals surface area (Å²) < 4.78 is 0. The van der Waals surface area contributed by atoms with Crippen LogP contribution in [0.3, 0.4) is 0 Å². The molecule has 3 saturated carbocycles. The van der Waals surface area contributed by atoms with Crippen LogP contribution in [0.5, 0.6) is 0 Å². The Bertz CT molecular complexity index is 431. The molecule has 3 aliphatic carbocycles. The first-order chi connectivity index (χ1) is 10.4. The van der Waals surface area contributed by atoms with Crippen molar-refractivity contribution in [2.45, 2.75) is 77.7 Å². The molecule has 0 aromatic carbocycles. The Labute approximate surface area is 136 Å². The summed E-state index contributed by atoms with van der Waals surface area (Å²) in [5.41, 5.74) is 2.20. The highest BCUT2D eigenvalue weighted by Crippen LogP contribution is 2.61. The van der Waals surface area contributed by atoms with Crippen LogP contribution in [-0.4, -0.2) is 22.9 Å². The molecule has 0 heterocycles. The van der Waals surface area contributed by atoms with Crippen molar-refractivity contribution in [2.75, 3.05) is 6.61 Å². The lowest BCUT2D eigenvalue weighted by Gasteiger charge is -2.53. The van der Waals surface area contributed by atoms with E-state index in [1.54, 1.807) is 0 Å². The Morgan fingerprint density at radius 3 is 2.59 bits per heavy atom. The molecular weight excluding hydrogens is 272 g/mol. The van der Waals surface area contributed by atoms with Gasteiger partial charge in [-0.2, -0.15) is 0 Å². The lowest BCUT2D eigenvalue weighted by Crippen LogP contribution is -2.45. The molecule has 126 valence electrons. The molecule has 0 saturated heterocycles. The number of hydrogen-bond acceptors (Lipinski definition) is 2. The maximum absolute atomic E-state index is 10.1. The lowest BCUT2D eigenvalue weighted by atomic mass is 9.52. The van der Waals surface area contributed by atoms with Crippen molar-refractivity contribution in [1.82, 2.24) is 0 Å². The highest BCUT2D eigenvalue weighted by Gasteiger charge is 2.51. The van der Waals surface area contributed by atoms with Gasteiger partial charge >= 0.3 is 0 Å². The van der Waals surface area contributed by atoms with Gasteiger partial charge in [0.15, 0.2) is 0 Å². The van der Waals surface area contributed by atoms with Gasteiger partial charge in [-0.15, -0.1) is 0 Å². The Hall–Kier alpha value is -0.340. The van der Waals surface area contributed by atoms with Gasteiger partial charge in [0, 0.05) is 6.61 Å². The molecule has 22 heavy (non-hydrogen) atoms. The van der Waals surface area contributed by atoms with E-state index in [1.807, 2.05) is 0 Å². The van der Waals surface area contributed by atoms with Gasteiger partial charge in [0.2, 0.25) is 0 Å². The van der Waals surface area contributed by atoms with E-state index in [9.17, 15) is 10.2 Å². The summed E-state index contributed by atoms with van der Waals surface area (Å²) in [7, 11) is 0. The fourth-order valence-electron chi connectivity index (χ4n) is 6.07. The quantitative estimate of drug-likeness (QED) is 0.763. The Kier molecular flexibility index (Phi) is 4.46. The zero-order chi connectivity index (χ0) is 16.0. The monoisotopic (exact) mass is 306 g/mol. The fourth-order valence-corrected chi connectivity index (χ4v) is 6.07. The average molecular weight is 306 g/mol. The molecule has 0 bridgehead atoms. The first kappa shape index (κ1) is 16.5. The number of rotatable bonds is 3. The summed E-state index contributed by atoms with van der Waals surface area (Å²) in [6.07, 6.45) is 10.2. The third-order valence-electron chi connectivity index (χ3n) is 8.00. The standard InChI is InChI=1S/C20H34O2/c1-14-4-5-15-12-16(6-9-19(14,15)2)20(3)10-7-18(22)13-17(20)8-11-21/h15-18,21-22H,1,4-13H2,2-3H3/t15?,16?,17-,18-,19+,20+/m0/s1. The Morgan fingerprint density at radius 2 is 1.86 bits per heavy atom. The van der Waals surface area contributed by atoms with Crippen molar-refractivity contribution in [3.63, 3.8) is 0 Å². The first-order valence-corrected chi connectivity index (χ1v) is 9.37. The molecule has 3 fully saturated rings. The van der Waals surface area contributed by atoms with Crippen molar-refractivity contribution in [3.05, 3.63) is 12.2 Å². The van der Waals surface area contributed by atoms with Gasteiger partial charge in [-0.3, -0.25) is 0 Å². The maximum atomic E-state index is 10.1. The number of hydrogen-bond donors (Lipinski definition) is 2. The molecule has 2 nitrogen and oxygen atoms in total. The largest absolute Gasteiger partial charge is 0.396 e. The highest BCUT2D eigenvalue weighted by atomic mass is 16.3. The van der Waals surface area contributed by atoms with Crippen LogP contribution in [-0.2, 0) is 0 Å². The minimum atomic E-state index is -0.148. The number of fused-ring (bicyclic) bond motifs is 1. The van der Waals surface area contributed by atoms with Crippen LogP contribution in [0.15, 0.2) is 12.2 Å². The number of aliphatic hydroxyl groups is 2. The van der Waals surface area contributed by atoms with E-state index < -0.39 is 0 Å². The molecule has 2 unspecified atom stereocenters. The second kappa shape index (κ2) is 5.94. The van der Waals surface area contributed by atoms with Gasteiger partial charge in [-0.25, -0.2) is 0 Å². The molecule has 0 aromatic rings. The maximum Gasteiger partial charge on any atom is 0.0543 e. The Morgan fingerprint density at radius 1 is 1.09 bits per heavy atom. The van der Waals surface area contributed by atoms with Gasteiger partial charge in [-0.1, -0.05) is 26.0 Å². The molecule has 0 radical (unpaired) electrons. The Balaban J connectivity index is 1.76. The van der Waals surface area contributed by atoms with Crippen molar-refractivity contribution < 1.29 is 10.2 Å². The summed E-state index contributed by atoms with van der Waals surface area (Å²) in [6, 6.07) is 0. The first-order valence-electron chi connectivity index (χ1n) is 9.37. The van der Waals surface area contributed by atoms with Gasteiger partial charge in [0.05, 0.1) is 6.10 Å². The van der Waals surface area contributed by atoms with Gasteiger partial charge in [0.25, 0.3) is 0 Å². The summed E-state index contributed by atoms with van der Waals surface area (Å²) in [5.74, 6) is 2.07. The molecule has 0 aliphatic heterocycles. The molecule has 6 atom stereocenters. The lowest BCUT2D eigenvalue weighted by molar-refractivity contribution is -0.0557. The van der Waals surface area contributed by atoms with E-state index in [0.29, 0.717) is 16.7 Å². The van der Waals surface area contributed by atoms with E-state index in [1.165, 1.54) is 37.7 Å². The number of aliphatic hydroxyl groups excluding tert-OH is 2. The van der Waals surface area contributed by atoms with E-state index >= 15 is 0 Å². The molecule has 3 rings (SSSR count). The van der Waals surface area contributed by atoms with Gasteiger partial charge in [0.1, 0.15) is 0 Å². The van der Waals surface area contributed by atoms with Crippen molar-refractivity contribution in [1.29, 1.82) is 0 Å². The molecule has 3 aliphatic rings. The minimum Gasteiger partial charge on any atom is -0.396 e. The second-order valence-corrected chi connectivity index (χ2v) is 8.87. The molecule has 0 aromatic heterocycles. The third kappa shape index (κ3) is 2.57. The van der Waals surface area contributed by atoms with Gasteiger partial charge in [-0.05, 0) is 86.4 Å². The fraction of sp³-hybridized carbons (Fsp3) is 0.900. The topological polar surface area (TPSA) is 40.5 Å². The molecular formula is C20H34O2. The zero-order valence-corrected chi connectivity index (χ0v) is 14.5. The third-order valence-corrected chi connectivity index (χ3v) is 8.00. The van der Waals surface area contributed by atoms with Gasteiger partial charge < -0.3 is 10.2 Å². The summed E-state index contributed by atoms with van der Waals surface area (Å²) in [4.78, 5) is 0. The molecule has 0 amide bonds. The van der Waals surface area contributed by atoms with Crippen LogP contribution >= 0.6 is 0 Å². The van der Waals surface area contributed by atoms with Crippen LogP contribution in [0.25, 0.3) is 0 Å². The van der Waals surface area contributed by atoms with Crippen molar-refractivity contribution >= 4 is 0 Å². The van der Waals surface area contributed by atoms with E-state index in [2.05, 4.69) is 20.4 Å². The van der Waals surface area contributed by atoms with E-state index in [-0.39, 0.29) is 12.7 Å². The van der Waals surface area contributed by atoms with Crippen LogP contribution < -0.4 is 0 Å². The summed E-state index contributed by atoms with van der Waals surface area (Å²) >= 11 is 0. The zero-order valence-electron chi connectivity index (χ0n) is 14.5. The summed E-state index contributed by atoms with van der Waals surface area (Å²) in [6.45, 7) is 9.52. The highest BCUT2D eigenvalue weighted by molar-refractivity contribution is 5.19. The SMILES string of the molecule is C=C1CCC2CC([C@@]3(C)CC[C@H](O)C[C@@H]3CCO)CC[C@]12C. The van der Waals surface area contributed by atoms with Crippen LogP contribution in [0.1, 0.15) is 71.6 Å². The average Bonchev–Trinajstić information content (AvgIpc) is 2.79. The molecule has 2 N–H and O–H groups in total. The van der Waals surface area contributed by atoms with Crippen LogP contribution in [0.2, 0.25) is 0 Å². The normalized spacial score (nSPS) is 49.2. The van der Waals surface area contributed by atoms with E-state index in [0.717, 1.165) is 37.5 Å². The molecule has 2 heteroatoms. The molecule has 0 spiro atoms. The smallest absolute Gasteiger partial charge is 0.0543 e. The van der Waals surface area contributed by atoms with E-state index in [4.69, 9.17) is 0 Å².